The van der Waals surface area contributed by atoms with E-state index in [-0.39, 0.29) is 0 Å². The minimum absolute atomic E-state index is 0.351. The van der Waals surface area contributed by atoms with Gasteiger partial charge in [-0.15, -0.1) is 0 Å². The van der Waals surface area contributed by atoms with Crippen molar-refractivity contribution < 1.29 is 14.3 Å². The summed E-state index contributed by atoms with van der Waals surface area (Å²) in [6, 6.07) is 3.71. The number of rotatable bonds is 9. The van der Waals surface area contributed by atoms with Crippen LogP contribution in [0, 0.1) is 11.3 Å². The first-order valence-corrected chi connectivity index (χ1v) is 7.27. The van der Waals surface area contributed by atoms with Crippen molar-refractivity contribution in [3.05, 3.63) is 24.2 Å². The highest BCUT2D eigenvalue weighted by molar-refractivity contribution is 5.05. The molecule has 0 saturated heterocycles. The molecule has 0 radical (unpaired) electrons. The molecule has 2 saturated carbocycles. The number of aliphatic hydroxyl groups is 1. The Morgan fingerprint density at radius 2 is 2.32 bits per heavy atom. The maximum atomic E-state index is 9.83. The Balaban J connectivity index is 1.26. The molecule has 0 spiro atoms. The first kappa shape index (κ1) is 13.2. The van der Waals surface area contributed by atoms with E-state index in [9.17, 15) is 5.11 Å². The molecule has 2 fully saturated rings. The third-order valence-electron chi connectivity index (χ3n) is 4.33. The van der Waals surface area contributed by atoms with Crippen LogP contribution in [-0.2, 0) is 11.3 Å². The van der Waals surface area contributed by atoms with Gasteiger partial charge in [-0.05, 0) is 49.1 Å². The minimum atomic E-state index is -0.440. The van der Waals surface area contributed by atoms with Gasteiger partial charge in [-0.2, -0.15) is 0 Å². The standard InChI is InChI=1S/C15H23NO3/c17-13(9-18-10-14-2-1-7-19-14)8-16-11-15(5-6-15)12-3-4-12/h1-2,7,12-13,16-17H,3-6,8-11H2. The summed E-state index contributed by atoms with van der Waals surface area (Å²) in [7, 11) is 0. The summed E-state index contributed by atoms with van der Waals surface area (Å²) in [5.74, 6) is 1.76. The van der Waals surface area contributed by atoms with E-state index in [1.165, 1.54) is 25.7 Å². The first-order valence-electron chi connectivity index (χ1n) is 7.27. The lowest BCUT2D eigenvalue weighted by Crippen LogP contribution is -2.34. The van der Waals surface area contributed by atoms with Crippen molar-refractivity contribution in [3.8, 4) is 0 Å². The molecule has 2 aliphatic rings. The molecule has 1 aromatic rings. The van der Waals surface area contributed by atoms with Gasteiger partial charge in [0, 0.05) is 13.1 Å². The maximum Gasteiger partial charge on any atom is 0.129 e. The van der Waals surface area contributed by atoms with Crippen molar-refractivity contribution in [2.75, 3.05) is 19.7 Å². The molecule has 1 atom stereocenters. The van der Waals surface area contributed by atoms with E-state index in [1.54, 1.807) is 6.26 Å². The monoisotopic (exact) mass is 265 g/mol. The van der Waals surface area contributed by atoms with E-state index < -0.39 is 6.10 Å². The molecular formula is C15H23NO3. The summed E-state index contributed by atoms with van der Waals surface area (Å²) in [6.07, 6.45) is 6.76. The van der Waals surface area contributed by atoms with Crippen LogP contribution in [0.25, 0.3) is 0 Å². The van der Waals surface area contributed by atoms with Gasteiger partial charge >= 0.3 is 0 Å². The molecule has 0 bridgehead atoms. The van der Waals surface area contributed by atoms with E-state index in [1.807, 2.05) is 12.1 Å². The van der Waals surface area contributed by atoms with Gasteiger partial charge in [0.2, 0.25) is 0 Å². The molecule has 0 aliphatic heterocycles. The summed E-state index contributed by atoms with van der Waals surface area (Å²) in [4.78, 5) is 0. The predicted octanol–water partition coefficient (Wildman–Crippen LogP) is 1.94. The van der Waals surface area contributed by atoms with E-state index in [2.05, 4.69) is 5.32 Å². The number of nitrogens with one attached hydrogen (secondary N) is 1. The van der Waals surface area contributed by atoms with Crippen LogP contribution in [0.15, 0.2) is 22.8 Å². The van der Waals surface area contributed by atoms with Gasteiger partial charge in [0.05, 0.1) is 19.0 Å². The van der Waals surface area contributed by atoms with Crippen LogP contribution in [0.1, 0.15) is 31.4 Å². The van der Waals surface area contributed by atoms with E-state index in [4.69, 9.17) is 9.15 Å². The second kappa shape index (κ2) is 5.65. The second-order valence-electron chi connectivity index (χ2n) is 6.02. The van der Waals surface area contributed by atoms with Gasteiger partial charge in [0.25, 0.3) is 0 Å². The molecule has 0 aromatic carbocycles. The van der Waals surface area contributed by atoms with Gasteiger partial charge in [-0.3, -0.25) is 0 Å². The largest absolute Gasteiger partial charge is 0.467 e. The van der Waals surface area contributed by atoms with Gasteiger partial charge in [0.15, 0.2) is 0 Å². The predicted molar refractivity (Wildman–Crippen MR) is 71.6 cm³/mol. The fourth-order valence-corrected chi connectivity index (χ4v) is 2.82. The van der Waals surface area contributed by atoms with Crippen LogP contribution < -0.4 is 5.32 Å². The number of hydrogen-bond acceptors (Lipinski definition) is 4. The van der Waals surface area contributed by atoms with Crippen LogP contribution in [0.3, 0.4) is 0 Å². The molecule has 1 heterocycles. The van der Waals surface area contributed by atoms with Crippen molar-refractivity contribution in [1.29, 1.82) is 0 Å². The van der Waals surface area contributed by atoms with Gasteiger partial charge in [-0.25, -0.2) is 0 Å². The fourth-order valence-electron chi connectivity index (χ4n) is 2.82. The van der Waals surface area contributed by atoms with E-state index in [0.29, 0.717) is 25.2 Å². The highest BCUT2D eigenvalue weighted by Gasteiger charge is 2.53. The molecule has 2 aliphatic carbocycles. The molecule has 3 rings (SSSR count). The maximum absolute atomic E-state index is 9.83. The third-order valence-corrected chi connectivity index (χ3v) is 4.33. The van der Waals surface area contributed by atoms with Crippen molar-refractivity contribution >= 4 is 0 Å². The van der Waals surface area contributed by atoms with E-state index in [0.717, 1.165) is 18.2 Å². The van der Waals surface area contributed by atoms with Crippen molar-refractivity contribution in [2.24, 2.45) is 11.3 Å². The molecule has 4 heteroatoms. The smallest absolute Gasteiger partial charge is 0.129 e. The second-order valence-corrected chi connectivity index (χ2v) is 6.02. The van der Waals surface area contributed by atoms with E-state index >= 15 is 0 Å². The Morgan fingerprint density at radius 1 is 1.47 bits per heavy atom. The summed E-state index contributed by atoms with van der Waals surface area (Å²) >= 11 is 0. The molecule has 4 nitrogen and oxygen atoms in total. The van der Waals surface area contributed by atoms with Crippen LogP contribution in [0.4, 0.5) is 0 Å². The Labute approximate surface area is 114 Å². The van der Waals surface area contributed by atoms with Gasteiger partial charge < -0.3 is 19.6 Å². The molecule has 19 heavy (non-hydrogen) atoms. The van der Waals surface area contributed by atoms with Gasteiger partial charge in [-0.1, -0.05) is 0 Å². The van der Waals surface area contributed by atoms with Crippen molar-refractivity contribution in [1.82, 2.24) is 5.32 Å². The van der Waals surface area contributed by atoms with Crippen LogP contribution >= 0.6 is 0 Å². The number of ether oxygens (including phenoxy) is 1. The van der Waals surface area contributed by atoms with Crippen molar-refractivity contribution in [3.63, 3.8) is 0 Å². The topological polar surface area (TPSA) is 54.6 Å². The summed E-state index contributed by atoms with van der Waals surface area (Å²) in [5, 5.41) is 13.2. The quantitative estimate of drug-likeness (QED) is 0.716. The summed E-state index contributed by atoms with van der Waals surface area (Å²) in [6.45, 7) is 2.46. The Morgan fingerprint density at radius 3 is 2.95 bits per heavy atom. The normalized spacial score (nSPS) is 22.4. The Kier molecular flexibility index (Phi) is 3.91. The minimum Gasteiger partial charge on any atom is -0.467 e. The average molecular weight is 265 g/mol. The summed E-state index contributed by atoms with van der Waals surface area (Å²) in [5.41, 5.74) is 0.592. The average Bonchev–Trinajstić information content (AvgIpc) is 3.30. The van der Waals surface area contributed by atoms with Crippen LogP contribution in [-0.4, -0.2) is 30.9 Å². The number of furan rings is 1. The van der Waals surface area contributed by atoms with Crippen LogP contribution in [0.5, 0.6) is 0 Å². The zero-order valence-electron chi connectivity index (χ0n) is 11.3. The highest BCUT2D eigenvalue weighted by atomic mass is 16.5. The zero-order chi connectivity index (χ0) is 13.1. The lowest BCUT2D eigenvalue weighted by Gasteiger charge is -2.17. The molecule has 1 unspecified atom stereocenters. The SMILES string of the molecule is OC(CNCC1(C2CC2)CC1)COCc1ccco1. The van der Waals surface area contributed by atoms with Crippen LogP contribution in [0.2, 0.25) is 0 Å². The molecule has 106 valence electrons. The van der Waals surface area contributed by atoms with Gasteiger partial charge in [0.1, 0.15) is 12.4 Å². The molecule has 0 amide bonds. The lowest BCUT2D eigenvalue weighted by atomic mass is 10.0. The lowest BCUT2D eigenvalue weighted by molar-refractivity contribution is 0.0221. The van der Waals surface area contributed by atoms with Crippen molar-refractivity contribution in [2.45, 2.75) is 38.4 Å². The fraction of sp³-hybridized carbons (Fsp3) is 0.733. The molecule has 1 aromatic heterocycles. The Bertz CT molecular complexity index is 382. The highest BCUT2D eigenvalue weighted by Crippen LogP contribution is 2.60. The summed E-state index contributed by atoms with van der Waals surface area (Å²) < 4.78 is 10.6. The molecular weight excluding hydrogens is 242 g/mol. The Hall–Kier alpha value is -0.840. The molecule has 2 N–H and O–H groups in total. The third kappa shape index (κ3) is 3.59. The zero-order valence-corrected chi connectivity index (χ0v) is 11.3. The first-order chi connectivity index (χ1) is 9.28. The number of aliphatic hydroxyl groups excluding tert-OH is 1. The number of hydrogen-bond donors (Lipinski definition) is 2.